The summed E-state index contributed by atoms with van der Waals surface area (Å²) in [4.78, 5) is 13.3. The molecule has 1 aromatic heterocycles. The summed E-state index contributed by atoms with van der Waals surface area (Å²) in [6.07, 6.45) is 16.3. The average Bonchev–Trinajstić information content (AvgIpc) is 2.89. The molecule has 1 rings (SSSR count). The van der Waals surface area contributed by atoms with E-state index in [4.69, 9.17) is 0 Å². The molecule has 1 aromatic rings. The molecule has 122 valence electrons. The monoisotopic (exact) mass is 359 g/mol. The fraction of sp³-hybridized carbons (Fsp3) is 0.750. The molecular weight excluding hydrogens is 330 g/mol. The number of hydrogen-bond acceptors (Lipinski definition) is 1. The maximum atomic E-state index is 11.7. The zero-order valence-corrected chi connectivity index (χ0v) is 15.3. The number of aromatic nitrogens is 2. The van der Waals surface area contributed by atoms with Gasteiger partial charge in [-0.2, -0.15) is 4.57 Å². The lowest BCUT2D eigenvalue weighted by atomic mass is 10.1. The van der Waals surface area contributed by atoms with Gasteiger partial charge in [0.1, 0.15) is 12.4 Å². The molecule has 0 saturated carbocycles. The third-order valence-corrected chi connectivity index (χ3v) is 3.56. The first-order chi connectivity index (χ1) is 9.65. The van der Waals surface area contributed by atoms with Crippen LogP contribution in [0.5, 0.6) is 0 Å². The summed E-state index contributed by atoms with van der Waals surface area (Å²) in [5, 5.41) is 0. The van der Waals surface area contributed by atoms with Crippen LogP contribution in [0.15, 0.2) is 18.7 Å². The molecule has 0 fully saturated rings. The van der Waals surface area contributed by atoms with Crippen LogP contribution in [-0.4, -0.2) is 29.6 Å². The molecule has 0 aliphatic heterocycles. The third-order valence-electron chi connectivity index (χ3n) is 3.56. The first-order valence-electron chi connectivity index (χ1n) is 7.94. The number of hydrogen-bond donors (Lipinski definition) is 0. The lowest BCUT2D eigenvalue weighted by Crippen LogP contribution is -3.00. The van der Waals surface area contributed by atoms with Gasteiger partial charge in [0, 0.05) is 14.1 Å². The van der Waals surface area contributed by atoms with Crippen LogP contribution in [-0.2, 0) is 6.54 Å². The fourth-order valence-electron chi connectivity index (χ4n) is 2.30. The van der Waals surface area contributed by atoms with Gasteiger partial charge in [0.05, 0.1) is 6.54 Å². The lowest BCUT2D eigenvalue weighted by Gasteiger charge is -2.04. The molecule has 0 bridgehead atoms. The first-order valence-corrected chi connectivity index (χ1v) is 7.94. The Bertz CT molecular complexity index is 391. The highest BCUT2D eigenvalue weighted by Gasteiger charge is 2.13. The predicted molar refractivity (Wildman–Crippen MR) is 81.7 cm³/mol. The minimum atomic E-state index is -0.000302. The van der Waals surface area contributed by atoms with Crippen molar-refractivity contribution in [1.29, 1.82) is 0 Å². The zero-order valence-electron chi connectivity index (χ0n) is 13.7. The third kappa shape index (κ3) is 8.24. The molecule has 0 aliphatic carbocycles. The van der Waals surface area contributed by atoms with Crippen LogP contribution in [0.1, 0.15) is 58.3 Å². The lowest BCUT2D eigenvalue weighted by molar-refractivity contribution is -0.696. The summed E-state index contributed by atoms with van der Waals surface area (Å²) in [5.41, 5.74) is 0. The van der Waals surface area contributed by atoms with Gasteiger partial charge in [-0.3, -0.25) is 0 Å². The Balaban J connectivity index is 0.00000400. The van der Waals surface area contributed by atoms with E-state index >= 15 is 0 Å². The van der Waals surface area contributed by atoms with Crippen molar-refractivity contribution >= 4 is 6.03 Å². The molecule has 0 N–H and O–H groups in total. The predicted octanol–water partition coefficient (Wildman–Crippen LogP) is 0.450. The molecule has 1 heterocycles. The van der Waals surface area contributed by atoms with Crippen LogP contribution < -0.4 is 21.5 Å². The smallest absolute Gasteiger partial charge is 0.415 e. The average molecular weight is 360 g/mol. The number of carbonyl (C=O) groups is 1. The zero-order chi connectivity index (χ0) is 14.8. The Morgan fingerprint density at radius 3 is 2.19 bits per heavy atom. The summed E-state index contributed by atoms with van der Waals surface area (Å²) < 4.78 is 3.73. The van der Waals surface area contributed by atoms with E-state index in [0.29, 0.717) is 0 Å². The fourth-order valence-corrected chi connectivity index (χ4v) is 2.30. The molecule has 0 unspecified atom stereocenters. The second kappa shape index (κ2) is 11.8. The Kier molecular flexibility index (Phi) is 11.3. The molecule has 4 nitrogen and oxygen atoms in total. The van der Waals surface area contributed by atoms with Gasteiger partial charge in [0.25, 0.3) is 6.33 Å². The van der Waals surface area contributed by atoms with Gasteiger partial charge in [-0.25, -0.2) is 9.36 Å². The van der Waals surface area contributed by atoms with E-state index in [0.717, 1.165) is 6.54 Å². The van der Waals surface area contributed by atoms with Crippen LogP contribution in [0, 0.1) is 0 Å². The highest BCUT2D eigenvalue weighted by Crippen LogP contribution is 2.08. The maximum absolute atomic E-state index is 11.7. The summed E-state index contributed by atoms with van der Waals surface area (Å²) in [6.45, 7) is 3.26. The number of unbranched alkanes of at least 4 members (excludes halogenated alkanes) is 7. The van der Waals surface area contributed by atoms with Crippen molar-refractivity contribution in [2.75, 3.05) is 14.1 Å². The van der Waals surface area contributed by atoms with Gasteiger partial charge in [0.15, 0.2) is 0 Å². The molecule has 0 atom stereocenters. The first kappa shape index (κ1) is 20.2. The number of carbonyl (C=O) groups excluding carboxylic acids is 1. The molecule has 0 aliphatic rings. The van der Waals surface area contributed by atoms with E-state index in [1.165, 1.54) is 51.4 Å². The SMILES string of the molecule is CCCCCCCCCC[n+]1ccn(C(=O)N(C)C)c1.[Br-]. The largest absolute Gasteiger partial charge is 1.00 e. The number of imidazole rings is 1. The molecule has 5 heteroatoms. The number of amides is 1. The highest BCUT2D eigenvalue weighted by atomic mass is 79.9. The van der Waals surface area contributed by atoms with Crippen LogP contribution in [0.4, 0.5) is 4.79 Å². The summed E-state index contributed by atoms with van der Waals surface area (Å²) in [7, 11) is 3.54. The van der Waals surface area contributed by atoms with Crippen molar-refractivity contribution in [2.45, 2.75) is 64.8 Å². The summed E-state index contributed by atoms with van der Waals surface area (Å²) in [6, 6.07) is -0.000302. The Morgan fingerprint density at radius 1 is 1.05 bits per heavy atom. The molecular formula is C16H30BrN3O. The van der Waals surface area contributed by atoms with E-state index in [9.17, 15) is 4.79 Å². The quantitative estimate of drug-likeness (QED) is 0.465. The number of rotatable bonds is 9. The van der Waals surface area contributed by atoms with E-state index in [2.05, 4.69) is 11.5 Å². The number of halogens is 1. The Hall–Kier alpha value is -0.840. The van der Waals surface area contributed by atoms with E-state index < -0.39 is 0 Å². The normalized spacial score (nSPS) is 10.2. The van der Waals surface area contributed by atoms with Gasteiger partial charge in [0.2, 0.25) is 0 Å². The van der Waals surface area contributed by atoms with Gasteiger partial charge >= 0.3 is 6.03 Å². The van der Waals surface area contributed by atoms with Gasteiger partial charge in [-0.15, -0.1) is 0 Å². The van der Waals surface area contributed by atoms with Crippen molar-refractivity contribution in [3.63, 3.8) is 0 Å². The van der Waals surface area contributed by atoms with Gasteiger partial charge in [-0.05, 0) is 12.8 Å². The number of nitrogens with zero attached hydrogens (tertiary/aromatic N) is 3. The van der Waals surface area contributed by atoms with Crippen molar-refractivity contribution in [3.8, 4) is 0 Å². The van der Waals surface area contributed by atoms with Crippen molar-refractivity contribution in [3.05, 3.63) is 18.7 Å². The van der Waals surface area contributed by atoms with Crippen LogP contribution in [0.3, 0.4) is 0 Å². The number of aryl methyl sites for hydroxylation is 1. The minimum Gasteiger partial charge on any atom is -1.00 e. The summed E-state index contributed by atoms with van der Waals surface area (Å²) in [5.74, 6) is 0. The molecule has 21 heavy (non-hydrogen) atoms. The molecule has 0 radical (unpaired) electrons. The van der Waals surface area contributed by atoms with Crippen LogP contribution in [0.2, 0.25) is 0 Å². The van der Waals surface area contributed by atoms with Gasteiger partial charge < -0.3 is 21.9 Å². The Labute approximate surface area is 139 Å². The topological polar surface area (TPSA) is 29.1 Å². The van der Waals surface area contributed by atoms with Crippen LogP contribution >= 0.6 is 0 Å². The molecule has 0 aromatic carbocycles. The highest BCUT2D eigenvalue weighted by molar-refractivity contribution is 5.75. The van der Waals surface area contributed by atoms with E-state index in [1.807, 2.05) is 18.7 Å². The summed E-state index contributed by atoms with van der Waals surface area (Å²) >= 11 is 0. The standard InChI is InChI=1S/C16H30N3O.BrH/c1-4-5-6-7-8-9-10-11-12-18-13-14-19(15-18)16(20)17(2)3;/h13-15H,4-12H2,1-3H3;1H/q+1;/p-1. The molecule has 0 spiro atoms. The molecule has 1 amide bonds. The Morgan fingerprint density at radius 2 is 1.62 bits per heavy atom. The molecule has 0 saturated heterocycles. The second-order valence-electron chi connectivity index (χ2n) is 5.71. The van der Waals surface area contributed by atoms with E-state index in [1.54, 1.807) is 23.6 Å². The second-order valence-corrected chi connectivity index (χ2v) is 5.71. The van der Waals surface area contributed by atoms with Crippen molar-refractivity contribution < 1.29 is 26.3 Å². The maximum Gasteiger partial charge on any atom is 0.415 e. The van der Waals surface area contributed by atoms with E-state index in [-0.39, 0.29) is 23.0 Å². The van der Waals surface area contributed by atoms with Crippen molar-refractivity contribution in [2.24, 2.45) is 0 Å². The van der Waals surface area contributed by atoms with Gasteiger partial charge in [-0.1, -0.05) is 45.4 Å². The minimum absolute atomic E-state index is 0. The van der Waals surface area contributed by atoms with Crippen molar-refractivity contribution in [1.82, 2.24) is 9.47 Å². The van der Waals surface area contributed by atoms with Crippen LogP contribution in [0.25, 0.3) is 0 Å².